The number of hydrogen-bond donors (Lipinski definition) is 2. The van der Waals surface area contributed by atoms with Gasteiger partial charge in [-0.15, -0.1) is 0 Å². The predicted molar refractivity (Wildman–Crippen MR) is 82.9 cm³/mol. The molecule has 0 aliphatic rings. The van der Waals surface area contributed by atoms with Gasteiger partial charge >= 0.3 is 0 Å². The molecular formula is C14H24N2O3S. The summed E-state index contributed by atoms with van der Waals surface area (Å²) < 4.78 is 31.8. The van der Waals surface area contributed by atoms with Crippen molar-refractivity contribution in [3.63, 3.8) is 0 Å². The van der Waals surface area contributed by atoms with Gasteiger partial charge in [0.1, 0.15) is 5.75 Å². The van der Waals surface area contributed by atoms with Gasteiger partial charge in [0, 0.05) is 0 Å². The number of benzene rings is 1. The van der Waals surface area contributed by atoms with Crippen LogP contribution in [0.5, 0.6) is 5.75 Å². The first-order chi connectivity index (χ1) is 9.48. The number of nitrogens with one attached hydrogen (secondary N) is 2. The number of unbranched alkanes of at least 4 members (excludes halogenated alkanes) is 1. The monoisotopic (exact) mass is 300 g/mol. The largest absolute Gasteiger partial charge is 0.495 e. The molecule has 0 saturated heterocycles. The van der Waals surface area contributed by atoms with E-state index in [1.807, 2.05) is 19.9 Å². The molecule has 0 bridgehead atoms. The fraction of sp³-hybridized carbons (Fsp3) is 0.571. The Labute approximate surface area is 121 Å². The fourth-order valence-electron chi connectivity index (χ4n) is 1.84. The van der Waals surface area contributed by atoms with Crippen LogP contribution in [0.1, 0.15) is 25.3 Å². The Morgan fingerprint density at radius 2 is 2.00 bits per heavy atom. The summed E-state index contributed by atoms with van der Waals surface area (Å²) in [4.78, 5) is 0. The van der Waals surface area contributed by atoms with Crippen molar-refractivity contribution in [3.8, 4) is 5.75 Å². The molecule has 0 fully saturated rings. The molecule has 2 N–H and O–H groups in total. The Morgan fingerprint density at radius 3 is 2.65 bits per heavy atom. The van der Waals surface area contributed by atoms with Gasteiger partial charge in [-0.25, -0.2) is 8.42 Å². The maximum atomic E-state index is 12.0. The zero-order valence-corrected chi connectivity index (χ0v) is 13.2. The van der Waals surface area contributed by atoms with Gasteiger partial charge in [-0.05, 0) is 50.6 Å². The van der Waals surface area contributed by atoms with Gasteiger partial charge in [-0.3, -0.25) is 4.72 Å². The van der Waals surface area contributed by atoms with Gasteiger partial charge in [-0.1, -0.05) is 13.0 Å². The van der Waals surface area contributed by atoms with Crippen molar-refractivity contribution in [3.05, 3.63) is 23.8 Å². The number of ether oxygens (including phenoxy) is 1. The van der Waals surface area contributed by atoms with Gasteiger partial charge in [0.05, 0.1) is 18.6 Å². The number of hydrogen-bond acceptors (Lipinski definition) is 4. The molecule has 0 aromatic heterocycles. The molecule has 1 aromatic carbocycles. The average Bonchev–Trinajstić information content (AvgIpc) is 2.38. The van der Waals surface area contributed by atoms with E-state index < -0.39 is 10.0 Å². The maximum Gasteiger partial charge on any atom is 0.232 e. The van der Waals surface area contributed by atoms with Crippen LogP contribution in [0, 0.1) is 6.92 Å². The summed E-state index contributed by atoms with van der Waals surface area (Å²) in [6, 6.07) is 5.42. The van der Waals surface area contributed by atoms with E-state index in [1.54, 1.807) is 12.1 Å². The highest BCUT2D eigenvalue weighted by Crippen LogP contribution is 2.26. The van der Waals surface area contributed by atoms with Crippen molar-refractivity contribution in [1.82, 2.24) is 5.32 Å². The Hall–Kier alpha value is -1.27. The molecule has 0 heterocycles. The Bertz CT molecular complexity index is 515. The van der Waals surface area contributed by atoms with Crippen LogP contribution in [0.4, 0.5) is 5.69 Å². The number of rotatable bonds is 9. The molecule has 5 nitrogen and oxygen atoms in total. The normalized spacial score (nSPS) is 11.3. The third-order valence-electron chi connectivity index (χ3n) is 2.89. The van der Waals surface area contributed by atoms with E-state index in [4.69, 9.17) is 4.74 Å². The lowest BCUT2D eigenvalue weighted by atomic mass is 10.2. The lowest BCUT2D eigenvalue weighted by molar-refractivity contribution is 0.417. The summed E-state index contributed by atoms with van der Waals surface area (Å²) in [5.41, 5.74) is 1.48. The quantitative estimate of drug-likeness (QED) is 0.686. The highest BCUT2D eigenvalue weighted by molar-refractivity contribution is 7.92. The first-order valence-corrected chi connectivity index (χ1v) is 8.49. The Morgan fingerprint density at radius 1 is 1.25 bits per heavy atom. The second-order valence-corrected chi connectivity index (χ2v) is 6.53. The van der Waals surface area contributed by atoms with Crippen molar-refractivity contribution in [2.75, 3.05) is 30.7 Å². The molecule has 0 spiro atoms. The minimum Gasteiger partial charge on any atom is -0.495 e. The summed E-state index contributed by atoms with van der Waals surface area (Å²) in [7, 11) is -1.80. The van der Waals surface area contributed by atoms with E-state index in [-0.39, 0.29) is 5.75 Å². The molecule has 0 amide bonds. The molecule has 1 aromatic rings. The molecule has 0 aliphatic carbocycles. The van der Waals surface area contributed by atoms with Crippen molar-refractivity contribution in [2.24, 2.45) is 0 Å². The van der Waals surface area contributed by atoms with Crippen LogP contribution in [0.3, 0.4) is 0 Å². The molecule has 114 valence electrons. The first kappa shape index (κ1) is 16.8. The Kier molecular flexibility index (Phi) is 6.81. The topological polar surface area (TPSA) is 67.4 Å². The molecule has 0 saturated carbocycles. The van der Waals surface area contributed by atoms with Crippen molar-refractivity contribution in [1.29, 1.82) is 0 Å². The van der Waals surface area contributed by atoms with E-state index in [2.05, 4.69) is 10.0 Å². The summed E-state index contributed by atoms with van der Waals surface area (Å²) >= 11 is 0. The van der Waals surface area contributed by atoms with Crippen LogP contribution in [-0.2, 0) is 10.0 Å². The fourth-order valence-corrected chi connectivity index (χ4v) is 3.02. The number of anilines is 1. The number of sulfonamides is 1. The van der Waals surface area contributed by atoms with Crippen LogP contribution in [0.25, 0.3) is 0 Å². The van der Waals surface area contributed by atoms with Crippen LogP contribution >= 0.6 is 0 Å². The van der Waals surface area contributed by atoms with Gasteiger partial charge in [0.2, 0.25) is 10.0 Å². The van der Waals surface area contributed by atoms with Crippen LogP contribution < -0.4 is 14.8 Å². The second kappa shape index (κ2) is 8.11. The molecule has 1 rings (SSSR count). The SMILES string of the molecule is CCNCCCCS(=O)(=O)Nc1cc(C)ccc1OC. The second-order valence-electron chi connectivity index (χ2n) is 4.69. The Balaban J connectivity index is 2.59. The van der Waals surface area contributed by atoms with Gasteiger partial charge < -0.3 is 10.1 Å². The molecular weight excluding hydrogens is 276 g/mol. The minimum absolute atomic E-state index is 0.121. The smallest absolute Gasteiger partial charge is 0.232 e. The summed E-state index contributed by atoms with van der Waals surface area (Å²) in [6.45, 7) is 5.70. The molecule has 0 unspecified atom stereocenters. The highest BCUT2D eigenvalue weighted by atomic mass is 32.2. The third-order valence-corrected chi connectivity index (χ3v) is 4.24. The number of aryl methyl sites for hydroxylation is 1. The van der Waals surface area contributed by atoms with E-state index in [0.717, 1.165) is 25.1 Å². The molecule has 0 radical (unpaired) electrons. The summed E-state index contributed by atoms with van der Waals surface area (Å²) in [5.74, 6) is 0.655. The van der Waals surface area contributed by atoms with Crippen LogP contribution in [-0.4, -0.2) is 34.4 Å². The zero-order chi connectivity index (χ0) is 15.0. The van der Waals surface area contributed by atoms with Crippen LogP contribution in [0.15, 0.2) is 18.2 Å². The highest BCUT2D eigenvalue weighted by Gasteiger charge is 2.13. The lowest BCUT2D eigenvalue weighted by Crippen LogP contribution is -2.19. The van der Waals surface area contributed by atoms with Gasteiger partial charge in [-0.2, -0.15) is 0 Å². The van der Waals surface area contributed by atoms with Gasteiger partial charge in [0.15, 0.2) is 0 Å². The van der Waals surface area contributed by atoms with E-state index in [9.17, 15) is 8.42 Å². The van der Waals surface area contributed by atoms with E-state index in [1.165, 1.54) is 7.11 Å². The first-order valence-electron chi connectivity index (χ1n) is 6.84. The molecule has 0 aliphatic heterocycles. The van der Waals surface area contributed by atoms with Crippen molar-refractivity contribution < 1.29 is 13.2 Å². The maximum absolute atomic E-state index is 12.0. The van der Waals surface area contributed by atoms with Crippen molar-refractivity contribution >= 4 is 15.7 Å². The third kappa shape index (κ3) is 5.79. The molecule has 6 heteroatoms. The van der Waals surface area contributed by atoms with E-state index >= 15 is 0 Å². The average molecular weight is 300 g/mol. The summed E-state index contributed by atoms with van der Waals surface area (Å²) in [5, 5.41) is 3.17. The number of methoxy groups -OCH3 is 1. The van der Waals surface area contributed by atoms with Crippen molar-refractivity contribution in [2.45, 2.75) is 26.7 Å². The standard InChI is InChI=1S/C14H24N2O3S/c1-4-15-9-5-6-10-20(17,18)16-13-11-12(2)7-8-14(13)19-3/h7-8,11,15-16H,4-6,9-10H2,1-3H3. The van der Waals surface area contributed by atoms with Crippen LogP contribution in [0.2, 0.25) is 0 Å². The molecule has 0 atom stereocenters. The zero-order valence-electron chi connectivity index (χ0n) is 12.4. The summed E-state index contributed by atoms with van der Waals surface area (Å²) in [6.07, 6.45) is 1.48. The molecule has 20 heavy (non-hydrogen) atoms. The predicted octanol–water partition coefficient (Wildman–Crippen LogP) is 2.14. The minimum atomic E-state index is -3.33. The van der Waals surface area contributed by atoms with Gasteiger partial charge in [0.25, 0.3) is 0 Å². The van der Waals surface area contributed by atoms with E-state index in [0.29, 0.717) is 17.9 Å². The lowest BCUT2D eigenvalue weighted by Gasteiger charge is -2.12.